The van der Waals surface area contributed by atoms with Crippen LogP contribution in [0.3, 0.4) is 0 Å². The second-order valence-corrected chi connectivity index (χ2v) is 7.68. The minimum atomic E-state index is -5.44. The molecule has 38 heavy (non-hydrogen) atoms. The number of nitrogens with two attached hydrogens (primary N) is 1. The second kappa shape index (κ2) is 12.5. The number of carboxylic acid groups (broad SMARTS) is 1. The molecule has 0 aliphatic rings. The maximum Gasteiger partial charge on any atom is 0.491 e. The fourth-order valence-electron chi connectivity index (χ4n) is 2.77. The molecule has 16 heteroatoms. The van der Waals surface area contributed by atoms with E-state index in [1.54, 1.807) is 0 Å². The molecule has 5 N–H and O–H groups in total. The summed E-state index contributed by atoms with van der Waals surface area (Å²) < 4.78 is 50.8. The molecule has 1 atom stereocenters. The van der Waals surface area contributed by atoms with Crippen LogP contribution in [-0.2, 0) is 30.3 Å². The van der Waals surface area contributed by atoms with Gasteiger partial charge < -0.3 is 24.7 Å². The van der Waals surface area contributed by atoms with Crippen LogP contribution < -0.4 is 15.9 Å². The number of nitrogens with zero attached hydrogens (tertiary/aromatic N) is 1. The molecule has 0 aliphatic carbocycles. The standard InChI is InChI=1S/C22H21F3N4O9/c1-11(19(33)28-29(9-16(30)31)10-17(32)38-21(35)22(23,24)25)8-14-6-7-15(36-14)20(34)37-13-4-2-12(3-5-13)18(26)27/h2-7,11H,8-10H2,1H3,(H3,26,27)(H,28,33)(H,30,31). The predicted octanol–water partition coefficient (Wildman–Crippen LogP) is 1.01. The normalized spacial score (nSPS) is 11.9. The Kier molecular flexibility index (Phi) is 9.69. The van der Waals surface area contributed by atoms with Crippen molar-refractivity contribution >= 4 is 35.6 Å². The number of amides is 1. The Hall–Kier alpha value is -4.73. The summed E-state index contributed by atoms with van der Waals surface area (Å²) in [7, 11) is 0. The minimum Gasteiger partial charge on any atom is -0.480 e. The molecule has 1 unspecified atom stereocenters. The number of ether oxygens (including phenoxy) is 2. The van der Waals surface area contributed by atoms with Gasteiger partial charge in [-0.25, -0.2) is 9.59 Å². The van der Waals surface area contributed by atoms with Crippen LogP contribution in [0.1, 0.15) is 28.8 Å². The van der Waals surface area contributed by atoms with Gasteiger partial charge in [-0.3, -0.25) is 25.2 Å². The Bertz CT molecular complexity index is 1230. The molecule has 2 aromatic rings. The number of benzene rings is 1. The summed E-state index contributed by atoms with van der Waals surface area (Å²) >= 11 is 0. The highest BCUT2D eigenvalue weighted by molar-refractivity contribution is 5.95. The molecule has 0 radical (unpaired) electrons. The van der Waals surface area contributed by atoms with E-state index in [1.165, 1.54) is 43.3 Å². The van der Waals surface area contributed by atoms with E-state index in [0.717, 1.165) is 0 Å². The number of alkyl halides is 3. The topological polar surface area (TPSA) is 202 Å². The van der Waals surface area contributed by atoms with Gasteiger partial charge in [0, 0.05) is 17.9 Å². The van der Waals surface area contributed by atoms with Crippen molar-refractivity contribution < 1.29 is 56.1 Å². The summed E-state index contributed by atoms with van der Waals surface area (Å²) in [6.07, 6.45) is -5.55. The third-order valence-electron chi connectivity index (χ3n) is 4.55. The number of hydrogen-bond donors (Lipinski definition) is 4. The maximum atomic E-state index is 12.5. The molecule has 2 rings (SSSR count). The zero-order valence-corrected chi connectivity index (χ0v) is 19.5. The molecule has 1 aromatic carbocycles. The number of carbonyl (C=O) groups excluding carboxylic acids is 4. The molecule has 0 bridgehead atoms. The number of esters is 3. The van der Waals surface area contributed by atoms with Gasteiger partial charge in [-0.15, -0.1) is 0 Å². The first-order chi connectivity index (χ1) is 17.6. The van der Waals surface area contributed by atoms with Crippen LogP contribution in [0.15, 0.2) is 40.8 Å². The van der Waals surface area contributed by atoms with Crippen LogP contribution in [0, 0.1) is 11.3 Å². The average molecular weight is 542 g/mol. The first kappa shape index (κ1) is 29.5. The molecule has 13 nitrogen and oxygen atoms in total. The lowest BCUT2D eigenvalue weighted by Crippen LogP contribution is -2.50. The summed E-state index contributed by atoms with van der Waals surface area (Å²) in [6.45, 7) is -0.786. The highest BCUT2D eigenvalue weighted by Gasteiger charge is 2.42. The van der Waals surface area contributed by atoms with Crippen molar-refractivity contribution in [3.05, 3.63) is 53.5 Å². The van der Waals surface area contributed by atoms with E-state index in [0.29, 0.717) is 10.6 Å². The van der Waals surface area contributed by atoms with E-state index in [9.17, 15) is 37.1 Å². The Balaban J connectivity index is 1.96. The number of rotatable bonds is 11. The molecule has 0 spiro atoms. The highest BCUT2D eigenvalue weighted by atomic mass is 19.4. The van der Waals surface area contributed by atoms with Gasteiger partial charge in [0.25, 0.3) is 0 Å². The zero-order chi connectivity index (χ0) is 28.6. The number of nitrogens with one attached hydrogen (secondary N) is 2. The molecule has 0 saturated heterocycles. The third kappa shape index (κ3) is 9.05. The number of hydrogen-bond acceptors (Lipinski definition) is 10. The van der Waals surface area contributed by atoms with Crippen molar-refractivity contribution in [3.8, 4) is 5.75 Å². The van der Waals surface area contributed by atoms with E-state index in [2.05, 4.69) is 4.74 Å². The number of amidine groups is 1. The molecular weight excluding hydrogens is 521 g/mol. The number of halogens is 3. The van der Waals surface area contributed by atoms with Gasteiger partial charge in [-0.2, -0.15) is 18.2 Å². The third-order valence-corrected chi connectivity index (χ3v) is 4.55. The lowest BCUT2D eigenvalue weighted by molar-refractivity contribution is -0.202. The average Bonchev–Trinajstić information content (AvgIpc) is 3.26. The monoisotopic (exact) mass is 542 g/mol. The predicted molar refractivity (Wildman–Crippen MR) is 118 cm³/mol. The second-order valence-electron chi connectivity index (χ2n) is 7.68. The van der Waals surface area contributed by atoms with Crippen molar-refractivity contribution in [2.24, 2.45) is 11.7 Å². The van der Waals surface area contributed by atoms with Gasteiger partial charge in [0.1, 0.15) is 30.4 Å². The fraction of sp³-hybridized carbons (Fsp3) is 0.273. The number of carboxylic acids is 1. The lowest BCUT2D eigenvalue weighted by atomic mass is 10.1. The zero-order valence-electron chi connectivity index (χ0n) is 19.5. The molecule has 1 amide bonds. The van der Waals surface area contributed by atoms with E-state index < -0.39 is 55.0 Å². The molecular formula is C22H21F3N4O9. The van der Waals surface area contributed by atoms with Gasteiger partial charge >= 0.3 is 30.1 Å². The molecule has 0 aliphatic heterocycles. The number of aliphatic carboxylic acids is 1. The Labute approximate surface area is 211 Å². The number of nitrogen functional groups attached to an aromatic ring is 1. The van der Waals surface area contributed by atoms with Crippen LogP contribution >= 0.6 is 0 Å². The molecule has 1 aromatic heterocycles. The molecule has 204 valence electrons. The van der Waals surface area contributed by atoms with Gasteiger partial charge in [0.2, 0.25) is 11.7 Å². The smallest absolute Gasteiger partial charge is 0.480 e. The summed E-state index contributed by atoms with van der Waals surface area (Å²) in [5.41, 5.74) is 7.82. The first-order valence-electron chi connectivity index (χ1n) is 10.5. The lowest BCUT2D eigenvalue weighted by Gasteiger charge is -2.22. The summed E-state index contributed by atoms with van der Waals surface area (Å²) in [4.78, 5) is 58.1. The van der Waals surface area contributed by atoms with Crippen LogP contribution in [0.25, 0.3) is 0 Å². The quantitative estimate of drug-likeness (QED) is 0.0788. The molecule has 1 heterocycles. The Morgan fingerprint density at radius 2 is 1.74 bits per heavy atom. The van der Waals surface area contributed by atoms with Crippen molar-refractivity contribution in [2.45, 2.75) is 19.5 Å². The Morgan fingerprint density at radius 3 is 2.29 bits per heavy atom. The van der Waals surface area contributed by atoms with E-state index in [-0.39, 0.29) is 29.5 Å². The van der Waals surface area contributed by atoms with Crippen LogP contribution in [0.5, 0.6) is 5.75 Å². The van der Waals surface area contributed by atoms with Gasteiger partial charge in [-0.05, 0) is 36.4 Å². The van der Waals surface area contributed by atoms with Gasteiger partial charge in [-0.1, -0.05) is 6.92 Å². The fourth-order valence-corrected chi connectivity index (χ4v) is 2.77. The van der Waals surface area contributed by atoms with Crippen molar-refractivity contribution in [1.82, 2.24) is 10.4 Å². The van der Waals surface area contributed by atoms with Gasteiger partial charge in [0.05, 0.1) is 0 Å². The SMILES string of the molecule is CC(Cc1ccc(C(=O)Oc2ccc(C(=N)N)cc2)o1)C(=O)NN(CC(=O)O)CC(=O)OC(=O)C(F)(F)F. The largest absolute Gasteiger partial charge is 0.491 e. The van der Waals surface area contributed by atoms with Crippen LogP contribution in [0.2, 0.25) is 0 Å². The highest BCUT2D eigenvalue weighted by Crippen LogP contribution is 2.18. The van der Waals surface area contributed by atoms with E-state index >= 15 is 0 Å². The maximum absolute atomic E-state index is 12.5. The summed E-state index contributed by atoms with van der Waals surface area (Å²) in [5, 5.41) is 16.7. The van der Waals surface area contributed by atoms with Crippen LogP contribution in [-0.4, -0.2) is 65.0 Å². The van der Waals surface area contributed by atoms with Crippen LogP contribution in [0.4, 0.5) is 13.2 Å². The summed E-state index contributed by atoms with van der Waals surface area (Å²) in [6, 6.07) is 8.46. The number of furan rings is 1. The Morgan fingerprint density at radius 1 is 1.11 bits per heavy atom. The van der Waals surface area contributed by atoms with E-state index in [1.807, 2.05) is 5.43 Å². The van der Waals surface area contributed by atoms with Gasteiger partial charge in [0.15, 0.2) is 0 Å². The first-order valence-corrected chi connectivity index (χ1v) is 10.5. The minimum absolute atomic E-state index is 0.107. The molecule has 0 saturated carbocycles. The van der Waals surface area contributed by atoms with Crippen molar-refractivity contribution in [1.29, 1.82) is 5.41 Å². The van der Waals surface area contributed by atoms with E-state index in [4.69, 9.17) is 25.4 Å². The molecule has 0 fully saturated rings. The van der Waals surface area contributed by atoms with Crippen molar-refractivity contribution in [2.75, 3.05) is 13.1 Å². The number of carbonyl (C=O) groups is 5. The summed E-state index contributed by atoms with van der Waals surface area (Å²) in [5.74, 6) is -8.79. The van der Waals surface area contributed by atoms with Crippen molar-refractivity contribution in [3.63, 3.8) is 0 Å². The number of hydrazine groups is 1.